The average molecular weight is 302 g/mol. The van der Waals surface area contributed by atoms with Gasteiger partial charge in [-0.1, -0.05) is 30.3 Å². The topological polar surface area (TPSA) is 55.8 Å². The number of aliphatic carboxylic acids is 1. The lowest BCUT2D eigenvalue weighted by Crippen LogP contribution is -2.09. The predicted octanol–water partition coefficient (Wildman–Crippen LogP) is 3.75. The van der Waals surface area contributed by atoms with Crippen molar-refractivity contribution in [2.75, 3.05) is 7.11 Å². The van der Waals surface area contributed by atoms with Gasteiger partial charge in [-0.3, -0.25) is 0 Å². The molecule has 114 valence electrons. The molecule has 0 unspecified atom stereocenters. The van der Waals surface area contributed by atoms with Crippen LogP contribution >= 0.6 is 0 Å². The zero-order chi connectivity index (χ0) is 16.1. The number of ether oxygens (including phenoxy) is 2. The number of hydrogen-bond acceptors (Lipinski definition) is 3. The molecule has 0 saturated carbocycles. The molecule has 5 heteroatoms. The molecule has 2 aromatic carbocycles. The van der Waals surface area contributed by atoms with Crippen LogP contribution in [0.15, 0.2) is 54.5 Å². The van der Waals surface area contributed by atoms with Crippen molar-refractivity contribution in [2.24, 2.45) is 0 Å². The van der Waals surface area contributed by atoms with Crippen molar-refractivity contribution in [3.8, 4) is 16.9 Å². The van der Waals surface area contributed by atoms with E-state index in [1.165, 1.54) is 13.2 Å². The fourth-order valence-electron chi connectivity index (χ4n) is 1.92. The Morgan fingerprint density at radius 1 is 1.23 bits per heavy atom. The summed E-state index contributed by atoms with van der Waals surface area (Å²) in [5, 5.41) is 9.05. The van der Waals surface area contributed by atoms with Gasteiger partial charge in [0.15, 0.2) is 0 Å². The summed E-state index contributed by atoms with van der Waals surface area (Å²) >= 11 is 0. The molecule has 2 rings (SSSR count). The van der Waals surface area contributed by atoms with Crippen LogP contribution in [0.5, 0.6) is 5.75 Å². The lowest BCUT2D eigenvalue weighted by Gasteiger charge is -2.11. The van der Waals surface area contributed by atoms with Crippen LogP contribution in [0.25, 0.3) is 11.1 Å². The van der Waals surface area contributed by atoms with Crippen molar-refractivity contribution >= 4 is 5.97 Å². The van der Waals surface area contributed by atoms with Gasteiger partial charge in [-0.05, 0) is 30.2 Å². The van der Waals surface area contributed by atoms with E-state index in [2.05, 4.69) is 4.74 Å². The third-order valence-electron chi connectivity index (χ3n) is 3.03. The summed E-state index contributed by atoms with van der Waals surface area (Å²) in [6, 6.07) is 11.4. The normalized spacial score (nSPS) is 11.1. The maximum absolute atomic E-state index is 13.9. The van der Waals surface area contributed by atoms with Gasteiger partial charge in [-0.25, -0.2) is 9.18 Å². The maximum atomic E-state index is 13.9. The first-order valence-electron chi connectivity index (χ1n) is 6.52. The van der Waals surface area contributed by atoms with E-state index in [4.69, 9.17) is 9.84 Å². The molecule has 0 spiro atoms. The van der Waals surface area contributed by atoms with Crippen molar-refractivity contribution in [1.82, 2.24) is 0 Å². The minimum atomic E-state index is -1.25. The second-order valence-corrected chi connectivity index (χ2v) is 4.59. The van der Waals surface area contributed by atoms with Gasteiger partial charge in [0.1, 0.15) is 17.8 Å². The zero-order valence-corrected chi connectivity index (χ0v) is 12.2. The molecule has 4 nitrogen and oxygen atoms in total. The van der Waals surface area contributed by atoms with Crippen LogP contribution in [0.1, 0.15) is 5.56 Å². The highest BCUT2D eigenvalue weighted by molar-refractivity contribution is 5.84. The van der Waals surface area contributed by atoms with Crippen LogP contribution in [0, 0.1) is 12.7 Å². The first-order valence-corrected chi connectivity index (χ1v) is 6.52. The van der Waals surface area contributed by atoms with Gasteiger partial charge in [-0.2, -0.15) is 0 Å². The number of halogens is 1. The SMILES string of the molecule is CO/C=C(\Oc1cc(-c2ccccc2F)ccc1C)C(=O)O. The number of methoxy groups -OCH3 is 1. The van der Waals surface area contributed by atoms with Gasteiger partial charge >= 0.3 is 5.97 Å². The molecule has 0 atom stereocenters. The number of benzene rings is 2. The summed E-state index contributed by atoms with van der Waals surface area (Å²) in [6.07, 6.45) is 0.998. The van der Waals surface area contributed by atoms with E-state index < -0.39 is 5.97 Å². The fraction of sp³-hybridized carbons (Fsp3) is 0.118. The lowest BCUT2D eigenvalue weighted by molar-refractivity contribution is -0.135. The summed E-state index contributed by atoms with van der Waals surface area (Å²) in [5.41, 5.74) is 1.74. The van der Waals surface area contributed by atoms with Gasteiger partial charge in [0, 0.05) is 5.56 Å². The van der Waals surface area contributed by atoms with E-state index in [0.717, 1.165) is 11.8 Å². The Morgan fingerprint density at radius 3 is 2.59 bits per heavy atom. The highest BCUT2D eigenvalue weighted by Gasteiger charge is 2.14. The summed E-state index contributed by atoms with van der Waals surface area (Å²) in [6.45, 7) is 1.77. The number of carbonyl (C=O) groups is 1. The third kappa shape index (κ3) is 3.44. The molecule has 0 bridgehead atoms. The standard InChI is InChI=1S/C17H15FO4/c1-11-7-8-12(13-5-3-4-6-14(13)18)9-15(11)22-16(10-21-2)17(19)20/h3-10H,1-2H3,(H,19,20)/b16-10-. The van der Waals surface area contributed by atoms with Gasteiger partial charge in [-0.15, -0.1) is 0 Å². The third-order valence-corrected chi connectivity index (χ3v) is 3.03. The fourth-order valence-corrected chi connectivity index (χ4v) is 1.92. The van der Waals surface area contributed by atoms with E-state index in [-0.39, 0.29) is 11.6 Å². The van der Waals surface area contributed by atoms with Crippen molar-refractivity contribution < 1.29 is 23.8 Å². The van der Waals surface area contributed by atoms with Crippen LogP contribution in [0.3, 0.4) is 0 Å². The van der Waals surface area contributed by atoms with Crippen LogP contribution in [-0.4, -0.2) is 18.2 Å². The summed E-state index contributed by atoms with van der Waals surface area (Å²) in [5.74, 6) is -1.64. The molecule has 0 heterocycles. The number of aryl methyl sites for hydroxylation is 1. The molecular formula is C17H15FO4. The van der Waals surface area contributed by atoms with E-state index in [1.54, 1.807) is 43.3 Å². The van der Waals surface area contributed by atoms with E-state index in [9.17, 15) is 9.18 Å². The minimum Gasteiger partial charge on any atom is -0.500 e. The van der Waals surface area contributed by atoms with Crippen molar-refractivity contribution in [1.29, 1.82) is 0 Å². The molecule has 0 aliphatic carbocycles. The Labute approximate surface area is 127 Å². The first kappa shape index (κ1) is 15.6. The van der Waals surface area contributed by atoms with Crippen molar-refractivity contribution in [3.63, 3.8) is 0 Å². The summed E-state index contributed by atoms with van der Waals surface area (Å²) in [4.78, 5) is 11.1. The molecule has 0 saturated heterocycles. The van der Waals surface area contributed by atoms with E-state index in [1.807, 2.05) is 0 Å². The number of carboxylic acid groups (broad SMARTS) is 1. The molecule has 0 aliphatic heterocycles. The molecule has 0 fully saturated rings. The Morgan fingerprint density at radius 2 is 1.95 bits per heavy atom. The molecule has 0 aromatic heterocycles. The van der Waals surface area contributed by atoms with Gasteiger partial charge < -0.3 is 14.6 Å². The number of hydrogen-bond donors (Lipinski definition) is 1. The maximum Gasteiger partial charge on any atom is 0.375 e. The highest BCUT2D eigenvalue weighted by atomic mass is 19.1. The Kier molecular flexibility index (Phi) is 4.78. The Bertz CT molecular complexity index is 722. The Balaban J connectivity index is 2.42. The molecule has 22 heavy (non-hydrogen) atoms. The van der Waals surface area contributed by atoms with Crippen molar-refractivity contribution in [2.45, 2.75) is 6.92 Å². The predicted molar refractivity (Wildman–Crippen MR) is 79.9 cm³/mol. The molecule has 0 aliphatic rings. The number of carboxylic acids is 1. The number of rotatable bonds is 5. The second-order valence-electron chi connectivity index (χ2n) is 4.59. The molecule has 0 amide bonds. The van der Waals surface area contributed by atoms with Crippen molar-refractivity contribution in [3.05, 3.63) is 65.9 Å². The van der Waals surface area contributed by atoms with Gasteiger partial charge in [0.25, 0.3) is 0 Å². The molecular weight excluding hydrogens is 287 g/mol. The van der Waals surface area contributed by atoms with Crippen LogP contribution in [0.2, 0.25) is 0 Å². The lowest BCUT2D eigenvalue weighted by atomic mass is 10.0. The van der Waals surface area contributed by atoms with Gasteiger partial charge in [0.2, 0.25) is 5.76 Å². The smallest absolute Gasteiger partial charge is 0.375 e. The van der Waals surface area contributed by atoms with E-state index >= 15 is 0 Å². The monoisotopic (exact) mass is 302 g/mol. The Hall–Kier alpha value is -2.82. The van der Waals surface area contributed by atoms with Crippen LogP contribution < -0.4 is 4.74 Å². The molecule has 2 aromatic rings. The van der Waals surface area contributed by atoms with Gasteiger partial charge in [0.05, 0.1) is 7.11 Å². The zero-order valence-electron chi connectivity index (χ0n) is 12.2. The molecule has 0 radical (unpaired) electrons. The van der Waals surface area contributed by atoms with E-state index in [0.29, 0.717) is 16.9 Å². The summed E-state index contributed by atoms with van der Waals surface area (Å²) < 4.78 is 23.9. The second kappa shape index (κ2) is 6.76. The minimum absolute atomic E-state index is 0.325. The largest absolute Gasteiger partial charge is 0.500 e. The van der Waals surface area contributed by atoms with Crippen LogP contribution in [-0.2, 0) is 9.53 Å². The summed E-state index contributed by atoms with van der Waals surface area (Å²) in [7, 11) is 1.33. The highest BCUT2D eigenvalue weighted by Crippen LogP contribution is 2.29. The molecule has 1 N–H and O–H groups in total. The first-order chi connectivity index (χ1) is 10.5. The quantitative estimate of drug-likeness (QED) is 0.675. The average Bonchev–Trinajstić information content (AvgIpc) is 2.49. The van der Waals surface area contributed by atoms with Crippen LogP contribution in [0.4, 0.5) is 4.39 Å².